The molecule has 1 amide bonds. The van der Waals surface area contributed by atoms with Gasteiger partial charge in [0, 0.05) is 7.05 Å². The van der Waals surface area contributed by atoms with Gasteiger partial charge in [-0.25, -0.2) is 0 Å². The summed E-state index contributed by atoms with van der Waals surface area (Å²) in [5.74, 6) is 0.126. The molecule has 0 bridgehead atoms. The fourth-order valence-electron chi connectivity index (χ4n) is 0.926. The molecule has 0 atom stereocenters. The first-order chi connectivity index (χ1) is 5.25. The molecule has 1 fully saturated rings. The maximum Gasteiger partial charge on any atom is 0.236 e. The molecule has 4 nitrogen and oxygen atoms in total. The monoisotopic (exact) mass is 158 g/mol. The maximum atomic E-state index is 11.2. The van der Waals surface area contributed by atoms with Crippen molar-refractivity contribution in [2.75, 3.05) is 33.9 Å². The van der Waals surface area contributed by atoms with Crippen LogP contribution in [0.25, 0.3) is 0 Å². The molecule has 1 N–H and O–H groups in total. The number of hydrogen-bond acceptors (Lipinski definition) is 3. The Hall–Kier alpha value is -0.610. The molecule has 1 heterocycles. The van der Waals surface area contributed by atoms with Crippen molar-refractivity contribution >= 4 is 5.91 Å². The first kappa shape index (κ1) is 8.49. The predicted octanol–water partition coefficient (Wildman–Crippen LogP) is -0.937. The molecule has 0 aliphatic carbocycles. The van der Waals surface area contributed by atoms with E-state index in [2.05, 4.69) is 5.32 Å². The van der Waals surface area contributed by atoms with Crippen LogP contribution in [0.5, 0.6) is 0 Å². The summed E-state index contributed by atoms with van der Waals surface area (Å²) in [7, 11) is 3.58. The molecule has 4 heteroatoms. The summed E-state index contributed by atoms with van der Waals surface area (Å²) < 4.78 is 4.97. The normalized spacial score (nSPS) is 17.6. The van der Waals surface area contributed by atoms with Gasteiger partial charge in [-0.3, -0.25) is 4.79 Å². The number of nitrogens with one attached hydrogen (secondary N) is 1. The number of carbonyl (C=O) groups excluding carboxylic acids is 1. The summed E-state index contributed by atoms with van der Waals surface area (Å²) in [6, 6.07) is 0.302. The first-order valence-corrected chi connectivity index (χ1v) is 3.73. The molecule has 1 aliphatic rings. The number of ether oxygens (including phenoxy) is 1. The lowest BCUT2D eigenvalue weighted by molar-refractivity contribution is -0.140. The van der Waals surface area contributed by atoms with Crippen LogP contribution < -0.4 is 5.32 Å². The molecular formula is C7H14N2O2. The zero-order valence-corrected chi connectivity index (χ0v) is 6.96. The smallest absolute Gasteiger partial charge is 0.236 e. The Morgan fingerprint density at radius 2 is 2.36 bits per heavy atom. The van der Waals surface area contributed by atoms with E-state index >= 15 is 0 Å². The number of rotatable bonds is 3. The van der Waals surface area contributed by atoms with E-state index < -0.39 is 0 Å². The third kappa shape index (κ3) is 1.91. The molecule has 64 valence electrons. The summed E-state index contributed by atoms with van der Waals surface area (Å²) in [6.45, 7) is 1.78. The quantitative estimate of drug-likeness (QED) is 0.576. The van der Waals surface area contributed by atoms with Crippen LogP contribution in [-0.4, -0.2) is 50.7 Å². The lowest BCUT2D eigenvalue weighted by Gasteiger charge is -2.34. The highest BCUT2D eigenvalue weighted by atomic mass is 16.5. The summed E-state index contributed by atoms with van der Waals surface area (Å²) in [6.07, 6.45) is 0. The molecular weight excluding hydrogens is 144 g/mol. The SMILES string of the molecule is CNCC(=O)N(C)C1COC1. The van der Waals surface area contributed by atoms with E-state index in [1.165, 1.54) is 0 Å². The number of carbonyl (C=O) groups is 1. The number of likely N-dealkylation sites (N-methyl/N-ethyl adjacent to an activating group) is 2. The first-order valence-electron chi connectivity index (χ1n) is 3.73. The van der Waals surface area contributed by atoms with E-state index in [0.717, 1.165) is 0 Å². The zero-order chi connectivity index (χ0) is 8.27. The van der Waals surface area contributed by atoms with Gasteiger partial charge in [0.15, 0.2) is 0 Å². The van der Waals surface area contributed by atoms with Crippen LogP contribution in [0.2, 0.25) is 0 Å². The van der Waals surface area contributed by atoms with Crippen LogP contribution in [0.4, 0.5) is 0 Å². The lowest BCUT2D eigenvalue weighted by Crippen LogP contribution is -2.51. The topological polar surface area (TPSA) is 41.6 Å². The van der Waals surface area contributed by atoms with Crippen molar-refractivity contribution in [1.29, 1.82) is 0 Å². The average molecular weight is 158 g/mol. The molecule has 0 aromatic rings. The van der Waals surface area contributed by atoms with Crippen molar-refractivity contribution in [2.24, 2.45) is 0 Å². The summed E-state index contributed by atoms with van der Waals surface area (Å²) in [4.78, 5) is 12.9. The Labute approximate surface area is 66.5 Å². The van der Waals surface area contributed by atoms with Crippen LogP contribution in [0, 0.1) is 0 Å². The van der Waals surface area contributed by atoms with Gasteiger partial charge in [-0.1, -0.05) is 0 Å². The van der Waals surface area contributed by atoms with Gasteiger partial charge in [0.25, 0.3) is 0 Å². The Balaban J connectivity index is 2.27. The minimum absolute atomic E-state index is 0.126. The summed E-state index contributed by atoms with van der Waals surface area (Å²) >= 11 is 0. The fraction of sp³-hybridized carbons (Fsp3) is 0.857. The van der Waals surface area contributed by atoms with E-state index in [1.54, 1.807) is 11.9 Å². The van der Waals surface area contributed by atoms with Gasteiger partial charge in [-0.2, -0.15) is 0 Å². The Kier molecular flexibility index (Phi) is 2.84. The standard InChI is InChI=1S/C7H14N2O2/c1-8-3-7(10)9(2)6-4-11-5-6/h6,8H,3-5H2,1-2H3. The van der Waals surface area contributed by atoms with Gasteiger partial charge in [0.2, 0.25) is 5.91 Å². The number of hydrogen-bond donors (Lipinski definition) is 1. The molecule has 0 aromatic carbocycles. The van der Waals surface area contributed by atoms with Crippen LogP contribution in [0.15, 0.2) is 0 Å². The van der Waals surface area contributed by atoms with Crippen LogP contribution >= 0.6 is 0 Å². The third-order valence-electron chi connectivity index (χ3n) is 1.89. The van der Waals surface area contributed by atoms with Crippen molar-refractivity contribution < 1.29 is 9.53 Å². The van der Waals surface area contributed by atoms with E-state index in [4.69, 9.17) is 4.74 Å². The molecule has 0 spiro atoms. The van der Waals surface area contributed by atoms with Crippen LogP contribution in [0.1, 0.15) is 0 Å². The fourth-order valence-corrected chi connectivity index (χ4v) is 0.926. The van der Waals surface area contributed by atoms with E-state index in [9.17, 15) is 4.79 Å². The van der Waals surface area contributed by atoms with E-state index in [1.807, 2.05) is 7.05 Å². The van der Waals surface area contributed by atoms with Crippen molar-refractivity contribution in [3.05, 3.63) is 0 Å². The largest absolute Gasteiger partial charge is 0.377 e. The molecule has 0 unspecified atom stereocenters. The van der Waals surface area contributed by atoms with Gasteiger partial charge in [0.1, 0.15) is 0 Å². The molecule has 0 saturated carbocycles. The van der Waals surface area contributed by atoms with Crippen LogP contribution in [0.3, 0.4) is 0 Å². The van der Waals surface area contributed by atoms with Crippen LogP contribution in [-0.2, 0) is 9.53 Å². The Morgan fingerprint density at radius 3 is 2.73 bits per heavy atom. The molecule has 1 rings (SSSR count). The molecule has 11 heavy (non-hydrogen) atoms. The molecule has 1 aliphatic heterocycles. The maximum absolute atomic E-state index is 11.2. The Bertz CT molecular complexity index is 145. The number of nitrogens with zero attached hydrogens (tertiary/aromatic N) is 1. The lowest BCUT2D eigenvalue weighted by atomic mass is 10.2. The highest BCUT2D eigenvalue weighted by Gasteiger charge is 2.25. The van der Waals surface area contributed by atoms with Crippen molar-refractivity contribution in [3.63, 3.8) is 0 Å². The highest BCUT2D eigenvalue weighted by Crippen LogP contribution is 2.07. The predicted molar refractivity (Wildman–Crippen MR) is 41.3 cm³/mol. The second-order valence-corrected chi connectivity index (χ2v) is 2.73. The van der Waals surface area contributed by atoms with Gasteiger partial charge in [0.05, 0.1) is 25.8 Å². The van der Waals surface area contributed by atoms with Gasteiger partial charge >= 0.3 is 0 Å². The minimum Gasteiger partial charge on any atom is -0.377 e. The van der Waals surface area contributed by atoms with Crippen molar-refractivity contribution in [3.8, 4) is 0 Å². The van der Waals surface area contributed by atoms with E-state index in [0.29, 0.717) is 25.8 Å². The summed E-state index contributed by atoms with van der Waals surface area (Å²) in [5.41, 5.74) is 0. The molecule has 1 saturated heterocycles. The van der Waals surface area contributed by atoms with Gasteiger partial charge in [-0.15, -0.1) is 0 Å². The third-order valence-corrected chi connectivity index (χ3v) is 1.89. The Morgan fingerprint density at radius 1 is 1.73 bits per heavy atom. The van der Waals surface area contributed by atoms with Crippen molar-refractivity contribution in [2.45, 2.75) is 6.04 Å². The second-order valence-electron chi connectivity index (χ2n) is 2.73. The highest BCUT2D eigenvalue weighted by molar-refractivity contribution is 5.78. The second kappa shape index (κ2) is 3.69. The zero-order valence-electron chi connectivity index (χ0n) is 6.96. The molecule has 0 radical (unpaired) electrons. The number of amides is 1. The summed E-state index contributed by atoms with van der Waals surface area (Å²) in [5, 5.41) is 2.82. The van der Waals surface area contributed by atoms with Crippen molar-refractivity contribution in [1.82, 2.24) is 10.2 Å². The average Bonchev–Trinajstić information content (AvgIpc) is 1.84. The minimum atomic E-state index is 0.126. The van der Waals surface area contributed by atoms with Gasteiger partial charge < -0.3 is 15.0 Å². The molecule has 0 aromatic heterocycles. The van der Waals surface area contributed by atoms with Gasteiger partial charge in [-0.05, 0) is 7.05 Å². The van der Waals surface area contributed by atoms with E-state index in [-0.39, 0.29) is 5.91 Å².